The molecule has 0 saturated heterocycles. The Morgan fingerprint density at radius 2 is 2.27 bits per heavy atom. The summed E-state index contributed by atoms with van der Waals surface area (Å²) in [5.74, 6) is -0.924. The average molecular weight is 205 g/mol. The summed E-state index contributed by atoms with van der Waals surface area (Å²) in [6.07, 6.45) is 2.31. The van der Waals surface area contributed by atoms with Crippen LogP contribution in [0.25, 0.3) is 0 Å². The van der Waals surface area contributed by atoms with Crippen molar-refractivity contribution in [2.75, 3.05) is 0 Å². The second-order valence-electron chi connectivity index (χ2n) is 4.29. The van der Waals surface area contributed by atoms with Crippen molar-refractivity contribution >= 4 is 5.97 Å². The molecule has 0 radical (unpaired) electrons. The molecular weight excluding hydrogens is 190 g/mol. The molecule has 1 aliphatic carbocycles. The molecule has 0 fully saturated rings. The van der Waals surface area contributed by atoms with Crippen LogP contribution in [0, 0.1) is 6.92 Å². The van der Waals surface area contributed by atoms with Crippen molar-refractivity contribution in [1.82, 2.24) is 0 Å². The summed E-state index contributed by atoms with van der Waals surface area (Å²) in [7, 11) is 0. The van der Waals surface area contributed by atoms with E-state index in [0.717, 1.165) is 29.5 Å². The van der Waals surface area contributed by atoms with Crippen LogP contribution < -0.4 is 5.73 Å². The summed E-state index contributed by atoms with van der Waals surface area (Å²) in [4.78, 5) is 11.2. The quantitative estimate of drug-likeness (QED) is 0.731. The van der Waals surface area contributed by atoms with Gasteiger partial charge in [-0.1, -0.05) is 23.8 Å². The number of hydrogen-bond acceptors (Lipinski definition) is 2. The molecule has 1 aromatic carbocycles. The van der Waals surface area contributed by atoms with Crippen LogP contribution in [0.5, 0.6) is 0 Å². The van der Waals surface area contributed by atoms with Crippen molar-refractivity contribution in [3.8, 4) is 0 Å². The lowest BCUT2D eigenvalue weighted by Gasteiger charge is -2.32. The van der Waals surface area contributed by atoms with Crippen LogP contribution in [0.2, 0.25) is 0 Å². The van der Waals surface area contributed by atoms with Gasteiger partial charge in [0, 0.05) is 0 Å². The number of carboxylic acids is 1. The maximum Gasteiger partial charge on any atom is 0.328 e. The van der Waals surface area contributed by atoms with Gasteiger partial charge in [-0.15, -0.1) is 0 Å². The molecule has 0 heterocycles. The smallest absolute Gasteiger partial charge is 0.328 e. The molecule has 3 heteroatoms. The largest absolute Gasteiger partial charge is 0.480 e. The zero-order chi connectivity index (χ0) is 11.1. The highest BCUT2D eigenvalue weighted by Gasteiger charge is 2.39. The number of aliphatic carboxylic acids is 1. The van der Waals surface area contributed by atoms with Crippen LogP contribution in [0.4, 0.5) is 0 Å². The van der Waals surface area contributed by atoms with E-state index in [0.29, 0.717) is 6.42 Å². The van der Waals surface area contributed by atoms with E-state index in [4.69, 9.17) is 5.73 Å². The number of nitrogens with two attached hydrogens (primary N) is 1. The molecule has 15 heavy (non-hydrogen) atoms. The van der Waals surface area contributed by atoms with Gasteiger partial charge >= 0.3 is 5.97 Å². The zero-order valence-corrected chi connectivity index (χ0v) is 8.79. The van der Waals surface area contributed by atoms with E-state index in [1.807, 2.05) is 25.1 Å². The predicted octanol–water partition coefficient (Wildman–Crippen LogP) is 1.57. The third-order valence-corrected chi connectivity index (χ3v) is 3.14. The lowest BCUT2D eigenvalue weighted by Crippen LogP contribution is -2.47. The third kappa shape index (κ3) is 1.53. The van der Waals surface area contributed by atoms with E-state index in [2.05, 4.69) is 0 Å². The highest BCUT2D eigenvalue weighted by molar-refractivity contribution is 5.81. The number of aryl methyl sites for hydroxylation is 2. The first-order valence-electron chi connectivity index (χ1n) is 5.16. The minimum atomic E-state index is -1.18. The molecule has 1 atom stereocenters. The molecular formula is C12H15NO2. The zero-order valence-electron chi connectivity index (χ0n) is 8.79. The van der Waals surface area contributed by atoms with Crippen molar-refractivity contribution in [2.24, 2.45) is 5.73 Å². The van der Waals surface area contributed by atoms with Gasteiger partial charge in [-0.05, 0) is 37.3 Å². The van der Waals surface area contributed by atoms with E-state index in [1.165, 1.54) is 0 Å². The molecule has 0 spiro atoms. The van der Waals surface area contributed by atoms with E-state index in [-0.39, 0.29) is 0 Å². The molecule has 0 bridgehead atoms. The first-order chi connectivity index (χ1) is 7.04. The van der Waals surface area contributed by atoms with Gasteiger partial charge in [-0.2, -0.15) is 0 Å². The fourth-order valence-electron chi connectivity index (χ4n) is 2.28. The van der Waals surface area contributed by atoms with Crippen LogP contribution in [0.3, 0.4) is 0 Å². The molecule has 0 amide bonds. The molecule has 0 aliphatic heterocycles. The maximum atomic E-state index is 11.2. The van der Waals surface area contributed by atoms with Crippen LogP contribution in [-0.2, 0) is 16.8 Å². The number of carboxylic acid groups (broad SMARTS) is 1. The normalized spacial score (nSPS) is 24.7. The Morgan fingerprint density at radius 1 is 1.53 bits per heavy atom. The summed E-state index contributed by atoms with van der Waals surface area (Å²) in [5.41, 5.74) is 7.81. The third-order valence-electron chi connectivity index (χ3n) is 3.14. The topological polar surface area (TPSA) is 63.3 Å². The summed E-state index contributed by atoms with van der Waals surface area (Å²) in [6.45, 7) is 2.01. The molecule has 3 N–H and O–H groups in total. The minimum Gasteiger partial charge on any atom is -0.480 e. The van der Waals surface area contributed by atoms with Gasteiger partial charge in [-0.25, -0.2) is 4.79 Å². The average Bonchev–Trinajstić information content (AvgIpc) is 2.17. The molecule has 3 nitrogen and oxygen atoms in total. The van der Waals surface area contributed by atoms with Crippen LogP contribution in [0.15, 0.2) is 18.2 Å². The highest BCUT2D eigenvalue weighted by atomic mass is 16.4. The molecule has 1 aromatic rings. The second kappa shape index (κ2) is 3.35. The van der Waals surface area contributed by atoms with E-state index >= 15 is 0 Å². The summed E-state index contributed by atoms with van der Waals surface area (Å²) >= 11 is 0. The Bertz CT molecular complexity index is 414. The van der Waals surface area contributed by atoms with E-state index < -0.39 is 11.5 Å². The minimum absolute atomic E-state index is 0.526. The molecule has 2 rings (SSSR count). The van der Waals surface area contributed by atoms with Gasteiger partial charge in [0.05, 0.1) is 0 Å². The number of carbonyl (C=O) groups is 1. The second-order valence-corrected chi connectivity index (χ2v) is 4.29. The molecule has 0 aromatic heterocycles. The van der Waals surface area contributed by atoms with Gasteiger partial charge < -0.3 is 10.8 Å². The number of fused-ring (bicyclic) bond motifs is 1. The van der Waals surface area contributed by atoms with Gasteiger partial charge in [-0.3, -0.25) is 0 Å². The fourth-order valence-corrected chi connectivity index (χ4v) is 2.28. The summed E-state index contributed by atoms with van der Waals surface area (Å²) in [6, 6.07) is 5.83. The van der Waals surface area contributed by atoms with Crippen molar-refractivity contribution in [1.29, 1.82) is 0 Å². The lowest BCUT2D eigenvalue weighted by atomic mass is 9.77. The van der Waals surface area contributed by atoms with Crippen LogP contribution in [-0.4, -0.2) is 11.1 Å². The number of rotatable bonds is 1. The van der Waals surface area contributed by atoms with Crippen molar-refractivity contribution in [2.45, 2.75) is 31.7 Å². The predicted molar refractivity (Wildman–Crippen MR) is 57.6 cm³/mol. The first kappa shape index (κ1) is 10.2. The summed E-state index contributed by atoms with van der Waals surface area (Å²) in [5, 5.41) is 9.19. The Labute approximate surface area is 88.9 Å². The van der Waals surface area contributed by atoms with Gasteiger partial charge in [0.15, 0.2) is 0 Å². The van der Waals surface area contributed by atoms with Crippen molar-refractivity contribution in [3.63, 3.8) is 0 Å². The lowest BCUT2D eigenvalue weighted by molar-refractivity contribution is -0.144. The van der Waals surface area contributed by atoms with Crippen LogP contribution >= 0.6 is 0 Å². The first-order valence-corrected chi connectivity index (χ1v) is 5.16. The Kier molecular flexibility index (Phi) is 2.27. The van der Waals surface area contributed by atoms with E-state index in [1.54, 1.807) is 0 Å². The van der Waals surface area contributed by atoms with Crippen molar-refractivity contribution in [3.05, 3.63) is 34.9 Å². The molecule has 80 valence electrons. The van der Waals surface area contributed by atoms with Crippen LogP contribution in [0.1, 0.15) is 29.5 Å². The Balaban J connectivity index is 2.56. The Morgan fingerprint density at radius 3 is 2.93 bits per heavy atom. The van der Waals surface area contributed by atoms with Gasteiger partial charge in [0.1, 0.15) is 5.54 Å². The van der Waals surface area contributed by atoms with Gasteiger partial charge in [0.25, 0.3) is 0 Å². The fraction of sp³-hybridized carbons (Fsp3) is 0.417. The summed E-state index contributed by atoms with van der Waals surface area (Å²) < 4.78 is 0. The van der Waals surface area contributed by atoms with E-state index in [9.17, 15) is 9.90 Å². The van der Waals surface area contributed by atoms with Crippen molar-refractivity contribution < 1.29 is 9.90 Å². The SMILES string of the molecule is Cc1ccc2c(c1)CCCC2(N)C(=O)O. The Hall–Kier alpha value is -1.35. The molecule has 0 saturated carbocycles. The molecule has 1 unspecified atom stereocenters. The molecule has 1 aliphatic rings. The number of hydrogen-bond donors (Lipinski definition) is 2. The standard InChI is InChI=1S/C12H15NO2/c1-8-4-5-10-9(7-8)3-2-6-12(10,13)11(14)15/h4-5,7H,2-3,6,13H2,1H3,(H,14,15). The maximum absolute atomic E-state index is 11.2. The van der Waals surface area contributed by atoms with Gasteiger partial charge in [0.2, 0.25) is 0 Å². The highest BCUT2D eigenvalue weighted by Crippen LogP contribution is 2.33. The number of benzene rings is 1. The monoisotopic (exact) mass is 205 g/mol.